The van der Waals surface area contributed by atoms with Crippen molar-refractivity contribution in [1.82, 2.24) is 4.90 Å². The van der Waals surface area contributed by atoms with E-state index in [9.17, 15) is 8.78 Å². The lowest BCUT2D eigenvalue weighted by molar-refractivity contribution is -0.0979. The summed E-state index contributed by atoms with van der Waals surface area (Å²) in [5.41, 5.74) is 0. The molecule has 0 radical (unpaired) electrons. The SMILES string of the molecule is CCN1CCC(F)(F)[C@H](C)C1. The van der Waals surface area contributed by atoms with Crippen LogP contribution in [0.3, 0.4) is 0 Å². The molecular weight excluding hydrogens is 148 g/mol. The lowest BCUT2D eigenvalue weighted by Crippen LogP contribution is -2.45. The van der Waals surface area contributed by atoms with Gasteiger partial charge < -0.3 is 4.90 Å². The Kier molecular flexibility index (Phi) is 2.47. The maximum atomic E-state index is 12.9. The Labute approximate surface area is 66.4 Å². The molecule has 1 aliphatic rings. The Morgan fingerprint density at radius 3 is 2.64 bits per heavy atom. The molecule has 0 aromatic heterocycles. The molecule has 0 aromatic rings. The number of halogens is 2. The highest BCUT2D eigenvalue weighted by Gasteiger charge is 2.40. The second-order valence-corrected chi connectivity index (χ2v) is 3.31. The van der Waals surface area contributed by atoms with E-state index in [4.69, 9.17) is 0 Å². The summed E-state index contributed by atoms with van der Waals surface area (Å²) in [5.74, 6) is -2.90. The van der Waals surface area contributed by atoms with E-state index in [1.165, 1.54) is 0 Å². The van der Waals surface area contributed by atoms with E-state index >= 15 is 0 Å². The van der Waals surface area contributed by atoms with Crippen LogP contribution < -0.4 is 0 Å². The van der Waals surface area contributed by atoms with Gasteiger partial charge in [-0.2, -0.15) is 0 Å². The van der Waals surface area contributed by atoms with Crippen molar-refractivity contribution >= 4 is 0 Å². The minimum Gasteiger partial charge on any atom is -0.303 e. The summed E-state index contributed by atoms with van der Waals surface area (Å²) in [5, 5.41) is 0. The van der Waals surface area contributed by atoms with Gasteiger partial charge in [0.25, 0.3) is 5.92 Å². The van der Waals surface area contributed by atoms with Gasteiger partial charge in [0, 0.05) is 25.4 Å². The first kappa shape index (κ1) is 8.91. The highest BCUT2D eigenvalue weighted by molar-refractivity contribution is 4.82. The molecule has 1 fully saturated rings. The van der Waals surface area contributed by atoms with Crippen LogP contribution in [0.25, 0.3) is 0 Å². The molecule has 1 atom stereocenters. The van der Waals surface area contributed by atoms with Gasteiger partial charge in [0.15, 0.2) is 0 Å². The van der Waals surface area contributed by atoms with Crippen molar-refractivity contribution in [3.63, 3.8) is 0 Å². The molecule has 11 heavy (non-hydrogen) atoms. The molecule has 3 heteroatoms. The Bertz CT molecular complexity index is 136. The van der Waals surface area contributed by atoms with Crippen molar-refractivity contribution in [2.45, 2.75) is 26.2 Å². The van der Waals surface area contributed by atoms with Crippen molar-refractivity contribution in [1.29, 1.82) is 0 Å². The van der Waals surface area contributed by atoms with Crippen LogP contribution in [0.1, 0.15) is 20.3 Å². The Hall–Kier alpha value is -0.180. The monoisotopic (exact) mass is 163 g/mol. The average molecular weight is 163 g/mol. The van der Waals surface area contributed by atoms with Crippen molar-refractivity contribution in [2.24, 2.45) is 5.92 Å². The van der Waals surface area contributed by atoms with Crippen LogP contribution in [0.2, 0.25) is 0 Å². The average Bonchev–Trinajstić information content (AvgIpc) is 1.95. The minimum absolute atomic E-state index is 0.0298. The fourth-order valence-corrected chi connectivity index (χ4v) is 1.45. The zero-order valence-electron chi connectivity index (χ0n) is 7.11. The summed E-state index contributed by atoms with van der Waals surface area (Å²) in [4.78, 5) is 2.07. The maximum Gasteiger partial charge on any atom is 0.253 e. The summed E-state index contributed by atoms with van der Waals surface area (Å²) < 4.78 is 25.8. The van der Waals surface area contributed by atoms with Gasteiger partial charge in [-0.3, -0.25) is 0 Å². The zero-order valence-corrected chi connectivity index (χ0v) is 7.11. The van der Waals surface area contributed by atoms with Gasteiger partial charge in [0.2, 0.25) is 0 Å². The Morgan fingerprint density at radius 1 is 1.55 bits per heavy atom. The predicted octanol–water partition coefficient (Wildman–Crippen LogP) is 1.98. The van der Waals surface area contributed by atoms with Gasteiger partial charge in [-0.1, -0.05) is 13.8 Å². The number of piperidine rings is 1. The summed E-state index contributed by atoms with van der Waals surface area (Å²) >= 11 is 0. The van der Waals surface area contributed by atoms with Crippen molar-refractivity contribution in [3.8, 4) is 0 Å². The first-order chi connectivity index (χ1) is 5.06. The minimum atomic E-state index is -2.42. The summed E-state index contributed by atoms with van der Waals surface area (Å²) in [6.07, 6.45) is 0.0298. The zero-order chi connectivity index (χ0) is 8.48. The van der Waals surface area contributed by atoms with E-state index in [1.54, 1.807) is 6.92 Å². The molecular formula is C8H15F2N. The van der Waals surface area contributed by atoms with E-state index in [-0.39, 0.29) is 6.42 Å². The highest BCUT2D eigenvalue weighted by atomic mass is 19.3. The third-order valence-corrected chi connectivity index (χ3v) is 2.46. The molecule has 1 nitrogen and oxygen atoms in total. The van der Waals surface area contributed by atoms with Gasteiger partial charge in [0.05, 0.1) is 0 Å². The van der Waals surface area contributed by atoms with Gasteiger partial charge >= 0.3 is 0 Å². The molecule has 1 rings (SSSR count). The molecule has 0 spiro atoms. The predicted molar refractivity (Wildman–Crippen MR) is 40.8 cm³/mol. The van der Waals surface area contributed by atoms with E-state index in [2.05, 4.69) is 4.90 Å². The first-order valence-electron chi connectivity index (χ1n) is 4.16. The number of likely N-dealkylation sites (tertiary alicyclic amines) is 1. The normalized spacial score (nSPS) is 32.2. The molecule has 0 aliphatic carbocycles. The number of nitrogens with zero attached hydrogens (tertiary/aromatic N) is 1. The second kappa shape index (κ2) is 3.05. The maximum absolute atomic E-state index is 12.9. The van der Waals surface area contributed by atoms with Crippen LogP contribution in [0.15, 0.2) is 0 Å². The van der Waals surface area contributed by atoms with Crippen LogP contribution >= 0.6 is 0 Å². The summed E-state index contributed by atoms with van der Waals surface area (Å²) in [6, 6.07) is 0. The Balaban J connectivity index is 2.48. The molecule has 1 heterocycles. The molecule has 0 unspecified atom stereocenters. The molecule has 0 saturated carbocycles. The quantitative estimate of drug-likeness (QED) is 0.571. The first-order valence-corrected chi connectivity index (χ1v) is 4.16. The molecule has 0 amide bonds. The van der Waals surface area contributed by atoms with E-state index in [0.29, 0.717) is 13.1 Å². The lowest BCUT2D eigenvalue weighted by atomic mass is 9.96. The van der Waals surface area contributed by atoms with Crippen molar-refractivity contribution in [3.05, 3.63) is 0 Å². The largest absolute Gasteiger partial charge is 0.303 e. The molecule has 1 aliphatic heterocycles. The van der Waals surface area contributed by atoms with E-state index in [0.717, 1.165) is 6.54 Å². The molecule has 0 aromatic carbocycles. The number of alkyl halides is 2. The van der Waals surface area contributed by atoms with Gasteiger partial charge in [0.1, 0.15) is 0 Å². The molecule has 0 bridgehead atoms. The summed E-state index contributed by atoms with van der Waals surface area (Å²) in [7, 11) is 0. The van der Waals surface area contributed by atoms with Gasteiger partial charge in [-0.15, -0.1) is 0 Å². The van der Waals surface area contributed by atoms with Crippen molar-refractivity contribution in [2.75, 3.05) is 19.6 Å². The number of hydrogen-bond donors (Lipinski definition) is 0. The second-order valence-electron chi connectivity index (χ2n) is 3.31. The lowest BCUT2D eigenvalue weighted by Gasteiger charge is -2.35. The number of hydrogen-bond acceptors (Lipinski definition) is 1. The van der Waals surface area contributed by atoms with E-state index in [1.807, 2.05) is 6.92 Å². The standard InChI is InChI=1S/C8H15F2N/c1-3-11-5-4-8(9,10)7(2)6-11/h7H,3-6H2,1-2H3/t7-/m1/s1. The third-order valence-electron chi connectivity index (χ3n) is 2.46. The van der Waals surface area contributed by atoms with Crippen LogP contribution in [0.5, 0.6) is 0 Å². The van der Waals surface area contributed by atoms with Crippen LogP contribution in [0.4, 0.5) is 8.78 Å². The van der Waals surface area contributed by atoms with Crippen LogP contribution in [0, 0.1) is 5.92 Å². The van der Waals surface area contributed by atoms with E-state index < -0.39 is 11.8 Å². The fraction of sp³-hybridized carbons (Fsp3) is 1.00. The summed E-state index contributed by atoms with van der Waals surface area (Å²) in [6.45, 7) is 5.62. The molecule has 1 saturated heterocycles. The van der Waals surface area contributed by atoms with Crippen molar-refractivity contribution < 1.29 is 8.78 Å². The topological polar surface area (TPSA) is 3.24 Å². The highest BCUT2D eigenvalue weighted by Crippen LogP contribution is 2.32. The number of rotatable bonds is 1. The Morgan fingerprint density at radius 2 is 2.18 bits per heavy atom. The molecule has 0 N–H and O–H groups in total. The smallest absolute Gasteiger partial charge is 0.253 e. The third kappa shape index (κ3) is 1.89. The van der Waals surface area contributed by atoms with Crippen LogP contribution in [-0.4, -0.2) is 30.5 Å². The molecule has 66 valence electrons. The van der Waals surface area contributed by atoms with Crippen LogP contribution in [-0.2, 0) is 0 Å². The fourth-order valence-electron chi connectivity index (χ4n) is 1.45. The van der Waals surface area contributed by atoms with Gasteiger partial charge in [-0.25, -0.2) is 8.78 Å². The van der Waals surface area contributed by atoms with Gasteiger partial charge in [-0.05, 0) is 6.54 Å².